The first-order chi connectivity index (χ1) is 16.7. The Morgan fingerprint density at radius 1 is 1.06 bits per heavy atom. The van der Waals surface area contributed by atoms with Crippen molar-refractivity contribution in [2.24, 2.45) is 5.92 Å². The van der Waals surface area contributed by atoms with E-state index in [0.29, 0.717) is 5.88 Å². The van der Waals surface area contributed by atoms with Crippen molar-refractivity contribution in [2.75, 3.05) is 32.7 Å². The highest BCUT2D eigenvalue weighted by atomic mass is 16.5. The zero-order valence-corrected chi connectivity index (χ0v) is 19.2. The van der Waals surface area contributed by atoms with Crippen molar-refractivity contribution in [3.63, 3.8) is 0 Å². The van der Waals surface area contributed by atoms with Gasteiger partial charge < -0.3 is 14.4 Å². The Balaban J connectivity index is 1.20. The van der Waals surface area contributed by atoms with Crippen LogP contribution in [0.15, 0.2) is 60.9 Å². The van der Waals surface area contributed by atoms with Crippen molar-refractivity contribution in [3.05, 3.63) is 66.6 Å². The maximum absolute atomic E-state index is 10.9. The number of carbonyl (C=O) groups excluding carboxylic acids is 1. The van der Waals surface area contributed by atoms with Crippen LogP contribution in [0.5, 0.6) is 11.6 Å². The lowest BCUT2D eigenvalue weighted by Crippen LogP contribution is -2.47. The van der Waals surface area contributed by atoms with Gasteiger partial charge in [0, 0.05) is 74.6 Å². The molecular weight excluding hydrogens is 428 g/mol. The fourth-order valence-electron chi connectivity index (χ4n) is 4.24. The number of hydrogen-bond donors (Lipinski definition) is 1. The minimum Gasteiger partial charge on any atom is -0.439 e. The molecule has 0 radical (unpaired) electrons. The highest BCUT2D eigenvalue weighted by Crippen LogP contribution is 2.26. The van der Waals surface area contributed by atoms with E-state index < -0.39 is 0 Å². The second-order valence-electron chi connectivity index (χ2n) is 8.80. The molecule has 5 rings (SSSR count). The maximum atomic E-state index is 10.9. The van der Waals surface area contributed by atoms with Gasteiger partial charge in [0.05, 0.1) is 16.9 Å². The summed E-state index contributed by atoms with van der Waals surface area (Å²) in [5, 5.41) is 7.93. The Kier molecular flexibility index (Phi) is 6.60. The van der Waals surface area contributed by atoms with Gasteiger partial charge in [-0.25, -0.2) is 4.98 Å². The quantitative estimate of drug-likeness (QED) is 0.404. The Bertz CT molecular complexity index is 1230. The number of nitrogens with zero attached hydrogens (tertiary/aromatic N) is 5. The highest BCUT2D eigenvalue weighted by molar-refractivity contribution is 5.80. The van der Waals surface area contributed by atoms with Gasteiger partial charge in [-0.15, -0.1) is 0 Å². The van der Waals surface area contributed by atoms with Crippen LogP contribution in [0.2, 0.25) is 0 Å². The fourth-order valence-corrected chi connectivity index (χ4v) is 4.24. The predicted octanol–water partition coefficient (Wildman–Crippen LogP) is 3.76. The summed E-state index contributed by atoms with van der Waals surface area (Å²) < 4.78 is 5.96. The molecule has 1 aliphatic rings. The number of benzene rings is 1. The van der Waals surface area contributed by atoms with Crippen molar-refractivity contribution in [1.82, 2.24) is 30.0 Å². The Hall–Kier alpha value is -3.62. The van der Waals surface area contributed by atoms with Gasteiger partial charge in [-0.3, -0.25) is 15.0 Å². The Labute approximate surface area is 198 Å². The van der Waals surface area contributed by atoms with E-state index in [1.54, 1.807) is 12.4 Å². The molecule has 0 bridgehead atoms. The van der Waals surface area contributed by atoms with E-state index in [4.69, 9.17) is 9.72 Å². The number of pyridine rings is 2. The van der Waals surface area contributed by atoms with Crippen LogP contribution >= 0.6 is 0 Å². The number of rotatable bonds is 8. The summed E-state index contributed by atoms with van der Waals surface area (Å²) in [6.45, 7) is 7.61. The first-order valence-corrected chi connectivity index (χ1v) is 11.6. The predicted molar refractivity (Wildman–Crippen MR) is 131 cm³/mol. The van der Waals surface area contributed by atoms with Crippen LogP contribution in [-0.4, -0.2) is 69.0 Å². The van der Waals surface area contributed by atoms with Crippen LogP contribution in [0.25, 0.3) is 22.2 Å². The molecule has 1 saturated heterocycles. The lowest BCUT2D eigenvalue weighted by molar-refractivity contribution is -0.111. The molecule has 174 valence electrons. The van der Waals surface area contributed by atoms with Crippen LogP contribution in [0.1, 0.15) is 12.6 Å². The van der Waals surface area contributed by atoms with Crippen LogP contribution < -0.4 is 4.74 Å². The smallest absolute Gasteiger partial charge is 0.219 e. The van der Waals surface area contributed by atoms with E-state index in [1.807, 2.05) is 43.3 Å². The number of aromatic amines is 1. The van der Waals surface area contributed by atoms with Crippen LogP contribution in [0.4, 0.5) is 0 Å². The Morgan fingerprint density at radius 2 is 1.91 bits per heavy atom. The minimum absolute atomic E-state index is 0.0969. The molecule has 1 N–H and O–H groups in total. The van der Waals surface area contributed by atoms with Crippen LogP contribution in [-0.2, 0) is 11.3 Å². The summed E-state index contributed by atoms with van der Waals surface area (Å²) in [4.78, 5) is 24.9. The van der Waals surface area contributed by atoms with Crippen molar-refractivity contribution < 1.29 is 9.53 Å². The van der Waals surface area contributed by atoms with E-state index in [1.165, 1.54) is 0 Å². The zero-order chi connectivity index (χ0) is 23.3. The number of carbonyl (C=O) groups is 1. The number of aldehydes is 1. The molecule has 1 aromatic carbocycles. The molecule has 1 fully saturated rings. The summed E-state index contributed by atoms with van der Waals surface area (Å²) in [7, 11) is 0. The third kappa shape index (κ3) is 5.30. The minimum atomic E-state index is 0.0969. The monoisotopic (exact) mass is 456 g/mol. The summed E-state index contributed by atoms with van der Waals surface area (Å²) >= 11 is 0. The van der Waals surface area contributed by atoms with Gasteiger partial charge in [0.15, 0.2) is 0 Å². The van der Waals surface area contributed by atoms with Crippen LogP contribution in [0, 0.1) is 5.92 Å². The lowest BCUT2D eigenvalue weighted by atomic mass is 10.1. The van der Waals surface area contributed by atoms with Gasteiger partial charge >= 0.3 is 0 Å². The summed E-state index contributed by atoms with van der Waals surface area (Å²) in [6, 6.07) is 15.8. The molecule has 34 heavy (non-hydrogen) atoms. The number of H-pyrrole nitrogens is 1. The molecule has 0 spiro atoms. The standard InChI is InChI=1S/C26H28N6O2/c1-19(18-33)16-31-10-12-32(13-11-31)17-22-4-2-20-14-23(5-6-24(20)29-22)34-26-7-3-21(15-27-26)25-8-9-28-30-25/h2-9,14-15,18-19H,10-13,16-17H2,1H3,(H,28,30). The summed E-state index contributed by atoms with van der Waals surface area (Å²) in [6.07, 6.45) is 4.52. The average Bonchev–Trinajstić information content (AvgIpc) is 3.41. The molecule has 4 heterocycles. The number of hydrogen-bond acceptors (Lipinski definition) is 7. The van der Waals surface area contributed by atoms with Gasteiger partial charge in [0.1, 0.15) is 12.0 Å². The van der Waals surface area contributed by atoms with E-state index in [9.17, 15) is 4.79 Å². The zero-order valence-electron chi connectivity index (χ0n) is 19.2. The molecule has 1 aliphatic heterocycles. The largest absolute Gasteiger partial charge is 0.439 e. The van der Waals surface area contributed by atoms with Crippen molar-refractivity contribution in [1.29, 1.82) is 0 Å². The van der Waals surface area contributed by atoms with Gasteiger partial charge in [0.2, 0.25) is 5.88 Å². The molecule has 8 heteroatoms. The second kappa shape index (κ2) is 10.1. The summed E-state index contributed by atoms with van der Waals surface area (Å²) in [5.74, 6) is 1.36. The normalized spacial score (nSPS) is 15.9. The van der Waals surface area contributed by atoms with Crippen molar-refractivity contribution >= 4 is 17.2 Å². The number of ether oxygens (including phenoxy) is 1. The molecule has 4 aromatic rings. The molecule has 0 aliphatic carbocycles. The number of nitrogens with one attached hydrogen (secondary N) is 1. The first-order valence-electron chi connectivity index (χ1n) is 11.6. The SMILES string of the molecule is CC(C=O)CN1CCN(Cc2ccc3cc(Oc4ccc(-c5ccn[nH]5)cn4)ccc3n2)CC1. The van der Waals surface area contributed by atoms with Gasteiger partial charge in [-0.05, 0) is 36.4 Å². The van der Waals surface area contributed by atoms with Gasteiger partial charge in [-0.1, -0.05) is 13.0 Å². The third-order valence-electron chi connectivity index (χ3n) is 6.12. The highest BCUT2D eigenvalue weighted by Gasteiger charge is 2.19. The topological polar surface area (TPSA) is 87.2 Å². The molecular formula is C26H28N6O2. The van der Waals surface area contributed by atoms with E-state index in [0.717, 1.165) is 79.2 Å². The number of aromatic nitrogens is 4. The number of fused-ring (bicyclic) bond motifs is 1. The molecule has 3 aromatic heterocycles. The molecule has 0 saturated carbocycles. The molecule has 8 nitrogen and oxygen atoms in total. The Morgan fingerprint density at radius 3 is 2.65 bits per heavy atom. The average molecular weight is 457 g/mol. The summed E-state index contributed by atoms with van der Waals surface area (Å²) in [5.41, 5.74) is 3.89. The van der Waals surface area contributed by atoms with E-state index in [-0.39, 0.29) is 5.92 Å². The van der Waals surface area contributed by atoms with Gasteiger partial charge in [0.25, 0.3) is 0 Å². The molecule has 1 atom stereocenters. The van der Waals surface area contributed by atoms with E-state index >= 15 is 0 Å². The second-order valence-corrected chi connectivity index (χ2v) is 8.80. The maximum Gasteiger partial charge on any atom is 0.219 e. The van der Waals surface area contributed by atoms with E-state index in [2.05, 4.69) is 37.1 Å². The number of piperazine rings is 1. The fraction of sp³-hybridized carbons (Fsp3) is 0.308. The van der Waals surface area contributed by atoms with Crippen LogP contribution in [0.3, 0.4) is 0 Å². The molecule has 1 unspecified atom stereocenters. The van der Waals surface area contributed by atoms with Crippen molar-refractivity contribution in [3.8, 4) is 22.9 Å². The molecule has 0 amide bonds. The lowest BCUT2D eigenvalue weighted by Gasteiger charge is -2.35. The van der Waals surface area contributed by atoms with Gasteiger partial charge in [-0.2, -0.15) is 5.10 Å². The van der Waals surface area contributed by atoms with Crippen molar-refractivity contribution in [2.45, 2.75) is 13.5 Å². The first kappa shape index (κ1) is 22.2. The third-order valence-corrected chi connectivity index (χ3v) is 6.12.